The zero-order valence-corrected chi connectivity index (χ0v) is 11.6. The summed E-state index contributed by atoms with van der Waals surface area (Å²) in [5.74, 6) is 1.97. The Hall–Kier alpha value is -1.83. The first-order valence-electron chi connectivity index (χ1n) is 5.97. The van der Waals surface area contributed by atoms with E-state index in [4.69, 9.17) is 16.0 Å². The highest BCUT2D eigenvalue weighted by Gasteiger charge is 2.17. The van der Waals surface area contributed by atoms with Crippen molar-refractivity contribution >= 4 is 23.4 Å². The minimum absolute atomic E-state index is 0.0562. The minimum atomic E-state index is -0.0562. The maximum absolute atomic E-state index is 5.62. The Bertz CT molecular complexity index is 538. The van der Waals surface area contributed by atoms with Crippen LogP contribution >= 0.6 is 11.8 Å². The molecule has 102 valence electrons. The van der Waals surface area contributed by atoms with Crippen molar-refractivity contribution in [2.24, 2.45) is 0 Å². The van der Waals surface area contributed by atoms with Gasteiger partial charge in [0.25, 0.3) is 0 Å². The van der Waals surface area contributed by atoms with E-state index in [1.165, 1.54) is 17.8 Å². The van der Waals surface area contributed by atoms with Crippen LogP contribution in [0.1, 0.15) is 37.2 Å². The lowest BCUT2D eigenvalue weighted by Gasteiger charge is -2.05. The topological polar surface area (TPSA) is 117 Å². The van der Waals surface area contributed by atoms with Gasteiger partial charge in [-0.1, -0.05) is 23.8 Å². The van der Waals surface area contributed by atoms with Gasteiger partial charge in [0.2, 0.25) is 5.89 Å². The second-order valence-electron chi connectivity index (χ2n) is 4.06. The van der Waals surface area contributed by atoms with Crippen molar-refractivity contribution in [3.8, 4) is 0 Å². The molecule has 0 bridgehead atoms. The molecule has 0 spiro atoms. The average molecular weight is 280 g/mol. The van der Waals surface area contributed by atoms with Crippen molar-refractivity contribution in [2.45, 2.75) is 37.1 Å². The molecule has 2 aromatic rings. The number of aryl methyl sites for hydroxylation is 1. The zero-order chi connectivity index (χ0) is 13.8. The van der Waals surface area contributed by atoms with Crippen LogP contribution in [0.4, 0.5) is 11.6 Å². The summed E-state index contributed by atoms with van der Waals surface area (Å²) in [5.41, 5.74) is 11.2. The fourth-order valence-corrected chi connectivity index (χ4v) is 2.31. The molecule has 4 N–H and O–H groups in total. The fraction of sp³-hybridized carbons (Fsp3) is 0.455. The normalized spacial score (nSPS) is 12.5. The van der Waals surface area contributed by atoms with Gasteiger partial charge in [0.1, 0.15) is 11.6 Å². The number of thioether (sulfide) groups is 1. The van der Waals surface area contributed by atoms with Crippen molar-refractivity contribution in [3.63, 3.8) is 0 Å². The van der Waals surface area contributed by atoms with Crippen LogP contribution in [0.2, 0.25) is 0 Å². The zero-order valence-electron chi connectivity index (χ0n) is 10.8. The van der Waals surface area contributed by atoms with Gasteiger partial charge < -0.3 is 16.0 Å². The molecule has 0 fully saturated rings. The molecule has 1 atom stereocenters. The quantitative estimate of drug-likeness (QED) is 0.629. The van der Waals surface area contributed by atoms with E-state index in [-0.39, 0.29) is 5.25 Å². The van der Waals surface area contributed by atoms with Crippen molar-refractivity contribution in [2.75, 3.05) is 11.5 Å². The van der Waals surface area contributed by atoms with Crippen LogP contribution in [-0.4, -0.2) is 20.1 Å². The molecule has 0 radical (unpaired) electrons. The van der Waals surface area contributed by atoms with Gasteiger partial charge in [-0.2, -0.15) is 4.98 Å². The smallest absolute Gasteiger partial charge is 0.239 e. The van der Waals surface area contributed by atoms with Crippen LogP contribution < -0.4 is 11.5 Å². The van der Waals surface area contributed by atoms with E-state index in [0.29, 0.717) is 22.7 Å². The number of nitrogens with two attached hydrogens (primary N) is 2. The molecule has 0 aliphatic rings. The molecular weight excluding hydrogens is 264 g/mol. The first-order chi connectivity index (χ1) is 9.08. The van der Waals surface area contributed by atoms with Gasteiger partial charge in [0.05, 0.1) is 5.25 Å². The van der Waals surface area contributed by atoms with E-state index in [2.05, 4.69) is 27.0 Å². The molecule has 19 heavy (non-hydrogen) atoms. The standard InChI is InChI=1S/C11H16N6OS/c1-3-4-9-16-10(18-17-9)6(2)19-11-14-7(12)5-8(13)15-11/h5-6H,3-4H2,1-2H3,(H4,12,13,14,15)/t6-/m1/s1. The lowest BCUT2D eigenvalue weighted by atomic mass is 10.3. The van der Waals surface area contributed by atoms with E-state index >= 15 is 0 Å². The van der Waals surface area contributed by atoms with Crippen molar-refractivity contribution in [3.05, 3.63) is 17.8 Å². The van der Waals surface area contributed by atoms with Crippen LogP contribution in [0.15, 0.2) is 15.7 Å². The van der Waals surface area contributed by atoms with Crippen LogP contribution in [0.5, 0.6) is 0 Å². The summed E-state index contributed by atoms with van der Waals surface area (Å²) < 4.78 is 5.21. The summed E-state index contributed by atoms with van der Waals surface area (Å²) in [5, 5.41) is 4.36. The number of nitrogen functional groups attached to an aromatic ring is 2. The Morgan fingerprint density at radius 3 is 2.58 bits per heavy atom. The minimum Gasteiger partial charge on any atom is -0.383 e. The molecule has 0 unspecified atom stereocenters. The highest BCUT2D eigenvalue weighted by molar-refractivity contribution is 7.99. The van der Waals surface area contributed by atoms with Gasteiger partial charge >= 0.3 is 0 Å². The molecule has 0 saturated carbocycles. The van der Waals surface area contributed by atoms with E-state index in [9.17, 15) is 0 Å². The summed E-state index contributed by atoms with van der Waals surface area (Å²) in [6, 6.07) is 1.51. The Balaban J connectivity index is 2.08. The van der Waals surface area contributed by atoms with Gasteiger partial charge in [-0.25, -0.2) is 9.97 Å². The highest BCUT2D eigenvalue weighted by Crippen LogP contribution is 2.32. The molecule has 0 saturated heterocycles. The molecule has 0 aliphatic carbocycles. The van der Waals surface area contributed by atoms with E-state index < -0.39 is 0 Å². The first-order valence-corrected chi connectivity index (χ1v) is 6.85. The number of hydrogen-bond donors (Lipinski definition) is 2. The lowest BCUT2D eigenvalue weighted by Crippen LogP contribution is -2.00. The maximum atomic E-state index is 5.62. The molecule has 8 heteroatoms. The monoisotopic (exact) mass is 280 g/mol. The number of anilines is 2. The fourth-order valence-electron chi connectivity index (χ4n) is 1.48. The largest absolute Gasteiger partial charge is 0.383 e. The second-order valence-corrected chi connectivity index (χ2v) is 5.37. The molecule has 0 aromatic carbocycles. The third kappa shape index (κ3) is 3.57. The van der Waals surface area contributed by atoms with Gasteiger partial charge in [0, 0.05) is 12.5 Å². The SMILES string of the molecule is CCCc1noc([C@@H](C)Sc2nc(N)cc(N)n2)n1. The molecular formula is C11H16N6OS. The number of nitrogens with zero attached hydrogens (tertiary/aromatic N) is 4. The van der Waals surface area contributed by atoms with Crippen LogP contribution in [0.25, 0.3) is 0 Å². The summed E-state index contributed by atoms with van der Waals surface area (Å²) in [4.78, 5) is 12.5. The molecule has 2 rings (SSSR count). The summed E-state index contributed by atoms with van der Waals surface area (Å²) in [6.07, 6.45) is 1.79. The van der Waals surface area contributed by atoms with Gasteiger partial charge in [-0.15, -0.1) is 0 Å². The Labute approximate surface area is 115 Å². The van der Waals surface area contributed by atoms with Crippen LogP contribution in [-0.2, 0) is 6.42 Å². The predicted octanol–water partition coefficient (Wildman–Crippen LogP) is 1.83. The van der Waals surface area contributed by atoms with E-state index in [0.717, 1.165) is 18.7 Å². The van der Waals surface area contributed by atoms with Crippen LogP contribution in [0.3, 0.4) is 0 Å². The van der Waals surface area contributed by atoms with Gasteiger partial charge in [0.15, 0.2) is 11.0 Å². The van der Waals surface area contributed by atoms with Gasteiger partial charge in [-0.3, -0.25) is 0 Å². The maximum Gasteiger partial charge on any atom is 0.239 e. The number of aromatic nitrogens is 4. The second kappa shape index (κ2) is 5.87. The summed E-state index contributed by atoms with van der Waals surface area (Å²) in [6.45, 7) is 4.01. The van der Waals surface area contributed by atoms with Crippen molar-refractivity contribution < 1.29 is 4.52 Å². The average Bonchev–Trinajstić information content (AvgIpc) is 2.76. The summed E-state index contributed by atoms with van der Waals surface area (Å²) in [7, 11) is 0. The molecule has 0 aliphatic heterocycles. The number of hydrogen-bond acceptors (Lipinski definition) is 8. The third-order valence-electron chi connectivity index (χ3n) is 2.33. The van der Waals surface area contributed by atoms with E-state index in [1.54, 1.807) is 0 Å². The molecule has 2 aromatic heterocycles. The third-order valence-corrected chi connectivity index (χ3v) is 3.28. The van der Waals surface area contributed by atoms with Crippen molar-refractivity contribution in [1.82, 2.24) is 20.1 Å². The Morgan fingerprint density at radius 1 is 1.26 bits per heavy atom. The highest BCUT2D eigenvalue weighted by atomic mass is 32.2. The predicted molar refractivity (Wildman–Crippen MR) is 73.4 cm³/mol. The van der Waals surface area contributed by atoms with E-state index in [1.807, 2.05) is 6.92 Å². The Kier molecular flexibility index (Phi) is 4.20. The molecule has 2 heterocycles. The first kappa shape index (κ1) is 13.6. The lowest BCUT2D eigenvalue weighted by molar-refractivity contribution is 0.374. The summed E-state index contributed by atoms with van der Waals surface area (Å²) >= 11 is 1.38. The van der Waals surface area contributed by atoms with Crippen molar-refractivity contribution in [1.29, 1.82) is 0 Å². The van der Waals surface area contributed by atoms with Gasteiger partial charge in [-0.05, 0) is 13.3 Å². The van der Waals surface area contributed by atoms with Crippen LogP contribution in [0, 0.1) is 0 Å². The molecule has 7 nitrogen and oxygen atoms in total. The molecule has 0 amide bonds. The number of rotatable bonds is 5. The Morgan fingerprint density at radius 2 is 1.95 bits per heavy atom.